The Morgan fingerprint density at radius 2 is 1.91 bits per heavy atom. The molecule has 0 unspecified atom stereocenters. The van der Waals surface area contributed by atoms with Crippen molar-refractivity contribution in [3.05, 3.63) is 56.6 Å². The highest BCUT2D eigenvalue weighted by Crippen LogP contribution is 2.27. The largest absolute Gasteiger partial charge is 0.341 e. The molecule has 1 aliphatic rings. The number of aryl methyl sites for hydroxylation is 1. The van der Waals surface area contributed by atoms with E-state index in [0.29, 0.717) is 5.92 Å². The van der Waals surface area contributed by atoms with Gasteiger partial charge in [0, 0.05) is 24.2 Å². The van der Waals surface area contributed by atoms with Crippen LogP contribution in [-0.2, 0) is 11.3 Å². The Kier molecular flexibility index (Phi) is 4.43. The molecule has 116 valence electrons. The van der Waals surface area contributed by atoms with E-state index in [-0.39, 0.29) is 17.3 Å². The molecule has 2 aromatic rings. The Hall–Kier alpha value is -1.88. The average molecular weight is 316 g/mol. The van der Waals surface area contributed by atoms with Gasteiger partial charge < -0.3 is 4.90 Å². The molecule has 1 aromatic heterocycles. The zero-order chi connectivity index (χ0) is 15.5. The standard InChI is InChI=1S/C17H20N2O2S/c1-13-12-22-17(21)19(13)11-16(20)18-9-7-15(8-10-18)14-5-3-2-4-6-14/h2-6,12,15H,7-11H2,1H3. The van der Waals surface area contributed by atoms with Gasteiger partial charge in [0.2, 0.25) is 5.91 Å². The molecule has 1 amide bonds. The second-order valence-corrected chi connectivity index (χ2v) is 6.62. The fourth-order valence-electron chi connectivity index (χ4n) is 3.02. The molecule has 5 heteroatoms. The van der Waals surface area contributed by atoms with Gasteiger partial charge in [0.05, 0.1) is 0 Å². The second-order valence-electron chi connectivity index (χ2n) is 5.79. The molecule has 0 spiro atoms. The maximum atomic E-state index is 12.4. The Labute approximate surface area is 134 Å². The molecular weight excluding hydrogens is 296 g/mol. The topological polar surface area (TPSA) is 42.3 Å². The lowest BCUT2D eigenvalue weighted by molar-refractivity contribution is -0.132. The smallest absolute Gasteiger partial charge is 0.307 e. The van der Waals surface area contributed by atoms with Crippen LogP contribution in [0.25, 0.3) is 0 Å². The first kappa shape index (κ1) is 15.0. The Morgan fingerprint density at radius 3 is 2.50 bits per heavy atom. The molecule has 1 fully saturated rings. The molecule has 0 N–H and O–H groups in total. The Balaban J connectivity index is 1.59. The van der Waals surface area contributed by atoms with Crippen LogP contribution < -0.4 is 4.87 Å². The minimum atomic E-state index is -0.0509. The number of amides is 1. The molecule has 2 heterocycles. The Bertz CT molecular complexity index is 697. The lowest BCUT2D eigenvalue weighted by Gasteiger charge is -2.32. The van der Waals surface area contributed by atoms with Gasteiger partial charge in [-0.2, -0.15) is 0 Å². The molecule has 0 atom stereocenters. The maximum Gasteiger partial charge on any atom is 0.307 e. The summed E-state index contributed by atoms with van der Waals surface area (Å²) >= 11 is 1.15. The molecule has 0 saturated carbocycles. The molecular formula is C17H20N2O2S. The molecule has 3 rings (SSSR count). The summed E-state index contributed by atoms with van der Waals surface area (Å²) in [6.45, 7) is 3.59. The van der Waals surface area contributed by atoms with Gasteiger partial charge in [-0.05, 0) is 31.2 Å². The number of rotatable bonds is 3. The van der Waals surface area contributed by atoms with E-state index in [9.17, 15) is 9.59 Å². The number of carbonyl (C=O) groups excluding carboxylic acids is 1. The summed E-state index contributed by atoms with van der Waals surface area (Å²) < 4.78 is 1.57. The van der Waals surface area contributed by atoms with Gasteiger partial charge in [0.25, 0.3) is 0 Å². The number of aromatic nitrogens is 1. The van der Waals surface area contributed by atoms with Gasteiger partial charge in [-0.15, -0.1) is 0 Å². The summed E-state index contributed by atoms with van der Waals surface area (Å²) in [5.74, 6) is 0.589. The van der Waals surface area contributed by atoms with Crippen molar-refractivity contribution in [3.63, 3.8) is 0 Å². The van der Waals surface area contributed by atoms with Crippen molar-refractivity contribution in [3.8, 4) is 0 Å². The van der Waals surface area contributed by atoms with Crippen molar-refractivity contribution < 1.29 is 4.79 Å². The fraction of sp³-hybridized carbons (Fsp3) is 0.412. The van der Waals surface area contributed by atoms with Crippen LogP contribution in [0.2, 0.25) is 0 Å². The maximum absolute atomic E-state index is 12.4. The third kappa shape index (κ3) is 3.14. The van der Waals surface area contributed by atoms with Crippen LogP contribution in [0.4, 0.5) is 0 Å². The van der Waals surface area contributed by atoms with Crippen LogP contribution in [-0.4, -0.2) is 28.5 Å². The minimum Gasteiger partial charge on any atom is -0.341 e. The van der Waals surface area contributed by atoms with Gasteiger partial charge in [0.1, 0.15) is 6.54 Å². The predicted octanol–water partition coefficient (Wildman–Crippen LogP) is 2.62. The van der Waals surface area contributed by atoms with E-state index in [4.69, 9.17) is 0 Å². The lowest BCUT2D eigenvalue weighted by Crippen LogP contribution is -2.40. The lowest BCUT2D eigenvalue weighted by atomic mass is 9.89. The summed E-state index contributed by atoms with van der Waals surface area (Å²) in [5.41, 5.74) is 2.22. The van der Waals surface area contributed by atoms with Gasteiger partial charge in [-0.1, -0.05) is 41.7 Å². The van der Waals surface area contributed by atoms with E-state index in [2.05, 4.69) is 24.3 Å². The van der Waals surface area contributed by atoms with Gasteiger partial charge in [-0.25, -0.2) is 0 Å². The number of piperidine rings is 1. The summed E-state index contributed by atoms with van der Waals surface area (Å²) in [6, 6.07) is 10.5. The van der Waals surface area contributed by atoms with Crippen molar-refractivity contribution in [2.75, 3.05) is 13.1 Å². The van der Waals surface area contributed by atoms with E-state index in [0.717, 1.165) is 43.0 Å². The number of carbonyl (C=O) groups is 1. The molecule has 4 nitrogen and oxygen atoms in total. The van der Waals surface area contributed by atoms with Crippen molar-refractivity contribution >= 4 is 17.2 Å². The third-order valence-corrected chi connectivity index (χ3v) is 5.27. The van der Waals surface area contributed by atoms with Gasteiger partial charge in [0.15, 0.2) is 0 Å². The van der Waals surface area contributed by atoms with Crippen LogP contribution in [0.5, 0.6) is 0 Å². The van der Waals surface area contributed by atoms with Crippen LogP contribution in [0.3, 0.4) is 0 Å². The molecule has 1 aliphatic heterocycles. The minimum absolute atomic E-state index is 0.0509. The number of likely N-dealkylation sites (tertiary alicyclic amines) is 1. The Morgan fingerprint density at radius 1 is 1.23 bits per heavy atom. The van der Waals surface area contributed by atoms with E-state index in [1.807, 2.05) is 17.9 Å². The average Bonchev–Trinajstić information content (AvgIpc) is 2.88. The highest BCUT2D eigenvalue weighted by molar-refractivity contribution is 7.07. The molecule has 1 aromatic carbocycles. The van der Waals surface area contributed by atoms with Crippen LogP contribution in [0, 0.1) is 6.92 Å². The van der Waals surface area contributed by atoms with Gasteiger partial charge >= 0.3 is 4.87 Å². The molecule has 0 bridgehead atoms. The summed E-state index contributed by atoms with van der Waals surface area (Å²) in [5, 5.41) is 1.80. The first-order valence-electron chi connectivity index (χ1n) is 7.63. The number of hydrogen-bond donors (Lipinski definition) is 0. The van der Waals surface area contributed by atoms with Gasteiger partial charge in [-0.3, -0.25) is 14.2 Å². The van der Waals surface area contributed by atoms with Crippen LogP contribution in [0.1, 0.15) is 30.0 Å². The molecule has 22 heavy (non-hydrogen) atoms. The highest BCUT2D eigenvalue weighted by atomic mass is 32.1. The van der Waals surface area contributed by atoms with Crippen molar-refractivity contribution in [1.82, 2.24) is 9.47 Å². The first-order chi connectivity index (χ1) is 10.6. The molecule has 1 saturated heterocycles. The van der Waals surface area contributed by atoms with Crippen LogP contribution >= 0.6 is 11.3 Å². The van der Waals surface area contributed by atoms with E-state index in [1.165, 1.54) is 5.56 Å². The number of benzene rings is 1. The van der Waals surface area contributed by atoms with Crippen molar-refractivity contribution in [1.29, 1.82) is 0 Å². The number of hydrogen-bond acceptors (Lipinski definition) is 3. The van der Waals surface area contributed by atoms with E-state index < -0.39 is 0 Å². The second kappa shape index (κ2) is 6.48. The van der Waals surface area contributed by atoms with Crippen LogP contribution in [0.15, 0.2) is 40.5 Å². The van der Waals surface area contributed by atoms with Crippen molar-refractivity contribution in [2.45, 2.75) is 32.2 Å². The SMILES string of the molecule is Cc1csc(=O)n1CC(=O)N1CCC(c2ccccc2)CC1. The summed E-state index contributed by atoms with van der Waals surface area (Å²) in [4.78, 5) is 25.9. The molecule has 0 aliphatic carbocycles. The third-order valence-electron chi connectivity index (χ3n) is 4.39. The highest BCUT2D eigenvalue weighted by Gasteiger charge is 2.24. The zero-order valence-corrected chi connectivity index (χ0v) is 13.5. The number of thiazole rings is 1. The quantitative estimate of drug-likeness (QED) is 0.873. The van der Waals surface area contributed by atoms with E-state index in [1.54, 1.807) is 9.95 Å². The summed E-state index contributed by atoms with van der Waals surface area (Å²) in [7, 11) is 0. The zero-order valence-electron chi connectivity index (χ0n) is 12.7. The fourth-order valence-corrected chi connectivity index (χ4v) is 3.75. The van der Waals surface area contributed by atoms with E-state index >= 15 is 0 Å². The number of nitrogens with zero attached hydrogens (tertiary/aromatic N) is 2. The first-order valence-corrected chi connectivity index (χ1v) is 8.51. The normalized spacial score (nSPS) is 16.0. The predicted molar refractivity (Wildman–Crippen MR) is 88.3 cm³/mol. The molecule has 0 radical (unpaired) electrons. The van der Waals surface area contributed by atoms with Crippen molar-refractivity contribution in [2.24, 2.45) is 0 Å². The summed E-state index contributed by atoms with van der Waals surface area (Å²) in [6.07, 6.45) is 1.99. The monoisotopic (exact) mass is 316 g/mol.